The van der Waals surface area contributed by atoms with Crippen LogP contribution in [0.15, 0.2) is 24.4 Å². The minimum Gasteiger partial charge on any atom is -0.481 e. The minimum atomic E-state index is -1.98. The number of anilines is 1. The van der Waals surface area contributed by atoms with Crippen molar-refractivity contribution in [2.24, 2.45) is 5.92 Å². The highest BCUT2D eigenvalue weighted by molar-refractivity contribution is 6.74. The highest BCUT2D eigenvalue weighted by Gasteiger charge is 2.44. The Morgan fingerprint density at radius 3 is 2.61 bits per heavy atom. The van der Waals surface area contributed by atoms with Gasteiger partial charge in [-0.05, 0) is 36.7 Å². The van der Waals surface area contributed by atoms with Crippen molar-refractivity contribution in [1.29, 1.82) is 0 Å². The molecule has 0 aromatic carbocycles. The number of carboxylic acids is 1. The van der Waals surface area contributed by atoms with Gasteiger partial charge in [-0.25, -0.2) is 4.98 Å². The van der Waals surface area contributed by atoms with Gasteiger partial charge in [0.25, 0.3) is 0 Å². The largest absolute Gasteiger partial charge is 0.481 e. The Hall–Kier alpha value is -1.40. The van der Waals surface area contributed by atoms with Crippen molar-refractivity contribution in [3.63, 3.8) is 0 Å². The first-order valence-corrected chi connectivity index (χ1v) is 11.1. The molecule has 128 valence electrons. The molecule has 1 aliphatic heterocycles. The standard InChI is InChI=1S/C17H28N2O3Si/c1-17(2,3)23(4,5)22-14-9-11-19(12-13(14)16(20)21)15-8-6-7-10-18-15/h6-8,10,13-14H,9,11-12H2,1-5H3,(H,20,21). The molecule has 1 N–H and O–H groups in total. The van der Waals surface area contributed by atoms with E-state index in [1.807, 2.05) is 23.1 Å². The van der Waals surface area contributed by atoms with Gasteiger partial charge in [0.2, 0.25) is 0 Å². The molecule has 1 aromatic heterocycles. The van der Waals surface area contributed by atoms with Crippen molar-refractivity contribution in [3.8, 4) is 0 Å². The van der Waals surface area contributed by atoms with E-state index < -0.39 is 20.2 Å². The van der Waals surface area contributed by atoms with Crippen LogP contribution >= 0.6 is 0 Å². The van der Waals surface area contributed by atoms with Gasteiger partial charge in [-0.1, -0.05) is 26.8 Å². The Kier molecular flexibility index (Phi) is 5.16. The minimum absolute atomic E-state index is 0.0776. The van der Waals surface area contributed by atoms with E-state index in [9.17, 15) is 9.90 Å². The first-order valence-electron chi connectivity index (χ1n) is 8.18. The fourth-order valence-corrected chi connectivity index (χ4v) is 4.01. The van der Waals surface area contributed by atoms with Crippen LogP contribution in [0.3, 0.4) is 0 Å². The maximum atomic E-state index is 11.8. The van der Waals surface area contributed by atoms with Crippen LogP contribution in [0, 0.1) is 5.92 Å². The fourth-order valence-electron chi connectivity index (χ4n) is 2.61. The Morgan fingerprint density at radius 2 is 2.09 bits per heavy atom. The molecule has 1 aliphatic rings. The van der Waals surface area contributed by atoms with Crippen molar-refractivity contribution < 1.29 is 14.3 Å². The number of aromatic nitrogens is 1. The van der Waals surface area contributed by atoms with Gasteiger partial charge < -0.3 is 14.4 Å². The third kappa shape index (κ3) is 4.12. The summed E-state index contributed by atoms with van der Waals surface area (Å²) in [6.07, 6.45) is 2.25. The van der Waals surface area contributed by atoms with Crippen molar-refractivity contribution in [3.05, 3.63) is 24.4 Å². The summed E-state index contributed by atoms with van der Waals surface area (Å²) in [5.41, 5.74) is 0. The molecule has 2 unspecified atom stereocenters. The molecule has 2 rings (SSSR count). The molecule has 1 fully saturated rings. The van der Waals surface area contributed by atoms with Crippen LogP contribution in [0.25, 0.3) is 0 Å². The van der Waals surface area contributed by atoms with E-state index in [1.165, 1.54) is 0 Å². The van der Waals surface area contributed by atoms with E-state index in [-0.39, 0.29) is 11.1 Å². The SMILES string of the molecule is CC(C)(C)[Si](C)(C)OC1CCN(c2ccccn2)CC1C(=O)O. The zero-order valence-corrected chi connectivity index (χ0v) is 15.7. The lowest BCUT2D eigenvalue weighted by atomic mass is 9.95. The molecule has 2 heterocycles. The topological polar surface area (TPSA) is 62.7 Å². The molecule has 23 heavy (non-hydrogen) atoms. The lowest BCUT2D eigenvalue weighted by Gasteiger charge is -2.44. The van der Waals surface area contributed by atoms with Gasteiger partial charge in [0.15, 0.2) is 8.32 Å². The average molecular weight is 337 g/mol. The quantitative estimate of drug-likeness (QED) is 0.854. The Balaban J connectivity index is 2.13. The van der Waals surface area contributed by atoms with Crippen molar-refractivity contribution in [2.45, 2.75) is 51.4 Å². The van der Waals surface area contributed by atoms with Crippen molar-refractivity contribution in [1.82, 2.24) is 4.98 Å². The first kappa shape index (κ1) is 17.9. The fraction of sp³-hybridized carbons (Fsp3) is 0.647. The van der Waals surface area contributed by atoms with Gasteiger partial charge in [-0.3, -0.25) is 4.79 Å². The number of nitrogens with zero attached hydrogens (tertiary/aromatic N) is 2. The molecule has 0 bridgehead atoms. The van der Waals surface area contributed by atoms with E-state index >= 15 is 0 Å². The molecule has 6 heteroatoms. The second kappa shape index (κ2) is 6.61. The number of carboxylic acid groups (broad SMARTS) is 1. The summed E-state index contributed by atoms with van der Waals surface area (Å²) in [6.45, 7) is 12.1. The van der Waals surface area contributed by atoms with Crippen molar-refractivity contribution >= 4 is 20.1 Å². The Morgan fingerprint density at radius 1 is 1.39 bits per heavy atom. The van der Waals surface area contributed by atoms with E-state index in [0.29, 0.717) is 6.54 Å². The molecule has 1 saturated heterocycles. The molecule has 0 amide bonds. The zero-order valence-electron chi connectivity index (χ0n) is 14.7. The van der Waals surface area contributed by atoms with Crippen LogP contribution in [0.5, 0.6) is 0 Å². The third-order valence-electron chi connectivity index (χ3n) is 5.09. The molecule has 0 aliphatic carbocycles. The van der Waals surface area contributed by atoms with Gasteiger partial charge in [0.1, 0.15) is 5.82 Å². The van der Waals surface area contributed by atoms with Gasteiger partial charge in [0.05, 0.1) is 12.0 Å². The summed E-state index contributed by atoms with van der Waals surface area (Å²) in [7, 11) is -1.98. The van der Waals surface area contributed by atoms with E-state index in [0.717, 1.165) is 18.8 Å². The number of aliphatic carboxylic acids is 1. The van der Waals surface area contributed by atoms with Gasteiger partial charge in [-0.2, -0.15) is 0 Å². The molecule has 2 atom stereocenters. The zero-order chi connectivity index (χ0) is 17.3. The monoisotopic (exact) mass is 336 g/mol. The van der Waals surface area contributed by atoms with Crippen LogP contribution in [0.1, 0.15) is 27.2 Å². The van der Waals surface area contributed by atoms with Crippen LogP contribution in [-0.2, 0) is 9.22 Å². The van der Waals surface area contributed by atoms with E-state index in [4.69, 9.17) is 4.43 Å². The lowest BCUT2D eigenvalue weighted by molar-refractivity contribution is -0.145. The second-order valence-electron chi connectivity index (χ2n) is 7.78. The van der Waals surface area contributed by atoms with Crippen LogP contribution < -0.4 is 4.90 Å². The van der Waals surface area contributed by atoms with E-state index in [2.05, 4.69) is 38.8 Å². The highest BCUT2D eigenvalue weighted by atomic mass is 28.4. The number of hydrogen-bond donors (Lipinski definition) is 1. The Labute approximate surface area is 139 Å². The number of carbonyl (C=O) groups is 1. The molecule has 0 radical (unpaired) electrons. The number of piperidine rings is 1. The Bertz CT molecular complexity index is 543. The lowest BCUT2D eigenvalue weighted by Crippen LogP contribution is -2.53. The summed E-state index contributed by atoms with van der Waals surface area (Å²) in [5.74, 6) is -0.459. The predicted molar refractivity (Wildman–Crippen MR) is 94.3 cm³/mol. The van der Waals surface area contributed by atoms with Crippen LogP contribution in [0.2, 0.25) is 18.1 Å². The second-order valence-corrected chi connectivity index (χ2v) is 12.5. The maximum Gasteiger partial charge on any atom is 0.310 e. The summed E-state index contributed by atoms with van der Waals surface area (Å²) >= 11 is 0. The van der Waals surface area contributed by atoms with Crippen LogP contribution in [-0.4, -0.2) is 43.6 Å². The molecular formula is C17H28N2O3Si. The molecule has 1 aromatic rings. The summed E-state index contributed by atoms with van der Waals surface area (Å²) in [5, 5.41) is 9.74. The highest BCUT2D eigenvalue weighted by Crippen LogP contribution is 2.39. The number of pyridine rings is 1. The smallest absolute Gasteiger partial charge is 0.310 e. The van der Waals surface area contributed by atoms with Gasteiger partial charge in [-0.15, -0.1) is 0 Å². The number of hydrogen-bond acceptors (Lipinski definition) is 4. The van der Waals surface area contributed by atoms with Crippen LogP contribution in [0.4, 0.5) is 5.82 Å². The van der Waals surface area contributed by atoms with Gasteiger partial charge in [0, 0.05) is 19.3 Å². The summed E-state index contributed by atoms with van der Waals surface area (Å²) in [4.78, 5) is 18.1. The first-order chi connectivity index (χ1) is 10.6. The molecular weight excluding hydrogens is 308 g/mol. The van der Waals surface area contributed by atoms with E-state index in [1.54, 1.807) is 6.20 Å². The summed E-state index contributed by atoms with van der Waals surface area (Å²) < 4.78 is 6.41. The molecule has 5 nitrogen and oxygen atoms in total. The van der Waals surface area contributed by atoms with Gasteiger partial charge >= 0.3 is 5.97 Å². The average Bonchev–Trinajstić information content (AvgIpc) is 2.46. The third-order valence-corrected chi connectivity index (χ3v) is 9.60. The molecule has 0 saturated carbocycles. The molecule has 0 spiro atoms. The normalized spacial score (nSPS) is 22.9. The predicted octanol–water partition coefficient (Wildman–Crippen LogP) is 3.38. The maximum absolute atomic E-state index is 11.8. The summed E-state index contributed by atoms with van der Waals surface area (Å²) in [6, 6.07) is 5.72. The number of rotatable bonds is 4. The van der Waals surface area contributed by atoms with Crippen molar-refractivity contribution in [2.75, 3.05) is 18.0 Å².